The number of alkyl halides is 3. The Morgan fingerprint density at radius 1 is 1.20 bits per heavy atom. The number of aromatic nitrogens is 2. The van der Waals surface area contributed by atoms with Crippen LogP contribution < -0.4 is 4.74 Å². The summed E-state index contributed by atoms with van der Waals surface area (Å²) >= 11 is 1.96. The lowest BCUT2D eigenvalue weighted by Gasteiger charge is -2.12. The van der Waals surface area contributed by atoms with Gasteiger partial charge in [-0.15, -0.1) is 0 Å². The summed E-state index contributed by atoms with van der Waals surface area (Å²) < 4.78 is 44.5. The Hall–Kier alpha value is -1.89. The monoisotopic (exact) mass is 391 g/mol. The van der Waals surface area contributed by atoms with Crippen molar-refractivity contribution in [3.63, 3.8) is 0 Å². The molecule has 8 heteroatoms. The van der Waals surface area contributed by atoms with Gasteiger partial charge in [0.1, 0.15) is 5.75 Å². The Balaban J connectivity index is 2.41. The molecule has 2 aromatic rings. The Morgan fingerprint density at radius 2 is 1.85 bits per heavy atom. The number of rotatable bonds is 2. The van der Waals surface area contributed by atoms with E-state index in [0.29, 0.717) is 0 Å². The molecule has 0 radical (unpaired) electrons. The summed E-state index contributed by atoms with van der Waals surface area (Å²) in [6.45, 7) is 0. The third-order valence-electron chi connectivity index (χ3n) is 2.21. The molecule has 0 spiro atoms. The van der Waals surface area contributed by atoms with Crippen molar-refractivity contribution in [3.8, 4) is 17.8 Å². The highest BCUT2D eigenvalue weighted by atomic mass is 127. The van der Waals surface area contributed by atoms with Crippen LogP contribution >= 0.6 is 22.6 Å². The van der Waals surface area contributed by atoms with E-state index in [9.17, 15) is 13.2 Å². The first-order valence-electron chi connectivity index (χ1n) is 5.17. The molecule has 20 heavy (non-hydrogen) atoms. The van der Waals surface area contributed by atoms with Crippen LogP contribution in [-0.4, -0.2) is 9.97 Å². The molecule has 0 amide bonds. The predicted molar refractivity (Wildman–Crippen MR) is 71.0 cm³/mol. The molecule has 0 aliphatic rings. The van der Waals surface area contributed by atoms with Gasteiger partial charge in [-0.3, -0.25) is 0 Å². The molecule has 102 valence electrons. The van der Waals surface area contributed by atoms with Crippen LogP contribution in [0.1, 0.15) is 11.1 Å². The first-order chi connectivity index (χ1) is 9.40. The molecule has 4 nitrogen and oxygen atoms in total. The van der Waals surface area contributed by atoms with Crippen LogP contribution in [0.25, 0.3) is 0 Å². The lowest BCUT2D eigenvalue weighted by molar-refractivity contribution is -0.138. The minimum Gasteiger partial charge on any atom is -0.424 e. The fourth-order valence-corrected chi connectivity index (χ4v) is 1.64. The van der Waals surface area contributed by atoms with Gasteiger partial charge in [0.2, 0.25) is 0 Å². The van der Waals surface area contributed by atoms with Crippen molar-refractivity contribution in [2.24, 2.45) is 0 Å². The molecule has 0 bridgehead atoms. The number of nitriles is 1. The third kappa shape index (κ3) is 3.36. The smallest absolute Gasteiger partial charge is 0.420 e. The Kier molecular flexibility index (Phi) is 4.08. The van der Waals surface area contributed by atoms with Crippen LogP contribution in [0.5, 0.6) is 11.8 Å². The minimum atomic E-state index is -4.63. The normalized spacial score (nSPS) is 10.9. The molecule has 0 fully saturated rings. The van der Waals surface area contributed by atoms with Crippen LogP contribution in [0.4, 0.5) is 13.2 Å². The highest BCUT2D eigenvalue weighted by Crippen LogP contribution is 2.38. The van der Waals surface area contributed by atoms with E-state index in [4.69, 9.17) is 10.00 Å². The number of nitrogens with zero attached hydrogens (tertiary/aromatic N) is 3. The van der Waals surface area contributed by atoms with E-state index in [1.54, 1.807) is 6.07 Å². The van der Waals surface area contributed by atoms with Gasteiger partial charge in [-0.05, 0) is 40.8 Å². The summed E-state index contributed by atoms with van der Waals surface area (Å²) in [4.78, 5) is 7.53. The Morgan fingerprint density at radius 3 is 2.40 bits per heavy atom. The van der Waals surface area contributed by atoms with Crippen molar-refractivity contribution < 1.29 is 17.9 Å². The lowest BCUT2D eigenvalue weighted by atomic mass is 10.1. The first-order valence-corrected chi connectivity index (χ1v) is 6.25. The molecular formula is C12H5F3IN3O. The molecule has 1 aromatic carbocycles. The quantitative estimate of drug-likeness (QED) is 0.732. The highest BCUT2D eigenvalue weighted by molar-refractivity contribution is 14.1. The van der Waals surface area contributed by atoms with E-state index in [0.717, 1.165) is 15.7 Å². The fraction of sp³-hybridized carbons (Fsp3) is 0.0833. The van der Waals surface area contributed by atoms with Crippen LogP contribution in [0.15, 0.2) is 30.6 Å². The number of ether oxygens (including phenoxy) is 1. The van der Waals surface area contributed by atoms with Crippen LogP contribution in [0.3, 0.4) is 0 Å². The second-order valence-corrected chi connectivity index (χ2v) is 4.85. The van der Waals surface area contributed by atoms with Crippen molar-refractivity contribution in [2.45, 2.75) is 6.18 Å². The topological polar surface area (TPSA) is 58.8 Å². The molecule has 2 rings (SSSR count). The molecule has 1 heterocycles. The second-order valence-electron chi connectivity index (χ2n) is 3.61. The molecule has 0 aliphatic heterocycles. The lowest BCUT2D eigenvalue weighted by Crippen LogP contribution is -2.08. The van der Waals surface area contributed by atoms with Gasteiger partial charge in [0.15, 0.2) is 0 Å². The largest absolute Gasteiger partial charge is 0.424 e. The standard InChI is InChI=1S/C12H5F3IN3O/c13-12(14,15)9-3-7(4-17)1-2-10(9)20-11-18-5-8(16)6-19-11/h1-3,5-6H. The summed E-state index contributed by atoms with van der Waals surface area (Å²) in [5, 5.41) is 8.66. The van der Waals surface area contributed by atoms with Gasteiger partial charge >= 0.3 is 12.2 Å². The summed E-state index contributed by atoms with van der Waals surface area (Å²) in [6.07, 6.45) is -1.80. The zero-order valence-electron chi connectivity index (χ0n) is 9.65. The van der Waals surface area contributed by atoms with E-state index in [1.807, 2.05) is 22.6 Å². The molecular weight excluding hydrogens is 386 g/mol. The maximum atomic E-state index is 12.9. The number of hydrogen-bond acceptors (Lipinski definition) is 4. The van der Waals surface area contributed by atoms with Crippen LogP contribution in [0, 0.1) is 14.9 Å². The van der Waals surface area contributed by atoms with Gasteiger partial charge in [0.05, 0.1) is 17.2 Å². The number of hydrogen-bond donors (Lipinski definition) is 0. The van der Waals surface area contributed by atoms with Gasteiger partial charge < -0.3 is 4.74 Å². The van der Waals surface area contributed by atoms with Gasteiger partial charge in [0, 0.05) is 16.0 Å². The van der Waals surface area contributed by atoms with Crippen molar-refractivity contribution in [1.82, 2.24) is 9.97 Å². The molecule has 0 saturated carbocycles. The number of halogens is 4. The van der Waals surface area contributed by atoms with Crippen molar-refractivity contribution in [3.05, 3.63) is 45.3 Å². The van der Waals surface area contributed by atoms with E-state index in [1.165, 1.54) is 18.5 Å². The van der Waals surface area contributed by atoms with Gasteiger partial charge in [-0.1, -0.05) is 0 Å². The summed E-state index contributed by atoms with van der Waals surface area (Å²) in [5.74, 6) is -0.447. The molecule has 0 aliphatic carbocycles. The maximum absolute atomic E-state index is 12.9. The van der Waals surface area contributed by atoms with Gasteiger partial charge in [-0.2, -0.15) is 18.4 Å². The van der Waals surface area contributed by atoms with Crippen LogP contribution in [-0.2, 0) is 6.18 Å². The molecule has 0 atom stereocenters. The van der Waals surface area contributed by atoms with Crippen molar-refractivity contribution in [2.75, 3.05) is 0 Å². The highest BCUT2D eigenvalue weighted by Gasteiger charge is 2.35. The fourth-order valence-electron chi connectivity index (χ4n) is 1.36. The third-order valence-corrected chi connectivity index (χ3v) is 2.77. The van der Waals surface area contributed by atoms with E-state index < -0.39 is 17.5 Å². The van der Waals surface area contributed by atoms with Crippen LogP contribution in [0.2, 0.25) is 0 Å². The van der Waals surface area contributed by atoms with Crippen molar-refractivity contribution in [1.29, 1.82) is 5.26 Å². The van der Waals surface area contributed by atoms with E-state index in [2.05, 4.69) is 9.97 Å². The molecule has 0 saturated heterocycles. The maximum Gasteiger partial charge on any atom is 0.420 e. The van der Waals surface area contributed by atoms with Gasteiger partial charge in [0.25, 0.3) is 0 Å². The summed E-state index contributed by atoms with van der Waals surface area (Å²) in [7, 11) is 0. The molecule has 0 N–H and O–H groups in total. The zero-order chi connectivity index (χ0) is 14.8. The molecule has 1 aromatic heterocycles. The van der Waals surface area contributed by atoms with Crippen molar-refractivity contribution >= 4 is 22.6 Å². The number of benzene rings is 1. The second kappa shape index (κ2) is 5.62. The average Bonchev–Trinajstić information content (AvgIpc) is 2.40. The average molecular weight is 391 g/mol. The zero-order valence-corrected chi connectivity index (χ0v) is 11.8. The predicted octanol–water partition coefficient (Wildman–Crippen LogP) is 3.76. The Labute approximate surface area is 125 Å². The van der Waals surface area contributed by atoms with Gasteiger partial charge in [-0.25, -0.2) is 9.97 Å². The SMILES string of the molecule is N#Cc1ccc(Oc2ncc(I)cn2)c(C(F)(F)F)c1. The summed E-state index contributed by atoms with van der Waals surface area (Å²) in [5.41, 5.74) is -1.15. The van der Waals surface area contributed by atoms with E-state index in [-0.39, 0.29) is 11.6 Å². The minimum absolute atomic E-state index is 0.104. The van der Waals surface area contributed by atoms with E-state index >= 15 is 0 Å². The Bertz CT molecular complexity index is 665. The first kappa shape index (κ1) is 14.5. The molecule has 0 unspecified atom stereocenters. The summed E-state index contributed by atoms with van der Waals surface area (Å²) in [6, 6.07) is 4.49.